The summed E-state index contributed by atoms with van der Waals surface area (Å²) < 4.78 is 7.57. The minimum atomic E-state index is -0.631. The zero-order valence-corrected chi connectivity index (χ0v) is 17.4. The molecule has 4 rings (SSSR count). The Bertz CT molecular complexity index is 1110. The summed E-state index contributed by atoms with van der Waals surface area (Å²) in [5.74, 6) is 0.489. The number of H-pyrrole nitrogens is 1. The zero-order chi connectivity index (χ0) is 22.0. The summed E-state index contributed by atoms with van der Waals surface area (Å²) in [4.78, 5) is 52.3. The maximum absolute atomic E-state index is 12.8. The van der Waals surface area contributed by atoms with Crippen LogP contribution in [0.5, 0.6) is 5.75 Å². The van der Waals surface area contributed by atoms with Crippen LogP contribution < -0.4 is 21.3 Å². The Morgan fingerprint density at radius 2 is 2.03 bits per heavy atom. The van der Waals surface area contributed by atoms with E-state index < -0.39 is 16.9 Å². The molecule has 0 bridgehead atoms. The van der Waals surface area contributed by atoms with Crippen LogP contribution in [0.25, 0.3) is 0 Å². The SMILES string of the molecule is CCN1CC[C@@]2(CCC1=O)C[C@H](NC(=O)Cn1ccc(=O)[nH]c1=O)c1ccccc1O2. The Balaban J connectivity index is 1.56. The first-order valence-corrected chi connectivity index (χ1v) is 10.5. The summed E-state index contributed by atoms with van der Waals surface area (Å²) in [6.07, 6.45) is 3.52. The van der Waals surface area contributed by atoms with Gasteiger partial charge in [0, 0.05) is 50.2 Å². The van der Waals surface area contributed by atoms with Gasteiger partial charge in [-0.1, -0.05) is 18.2 Å². The van der Waals surface area contributed by atoms with Crippen LogP contribution in [0.4, 0.5) is 0 Å². The summed E-state index contributed by atoms with van der Waals surface area (Å²) in [6.45, 7) is 3.05. The number of hydrogen-bond donors (Lipinski definition) is 2. The number of rotatable bonds is 4. The van der Waals surface area contributed by atoms with E-state index in [2.05, 4.69) is 10.3 Å². The first-order valence-electron chi connectivity index (χ1n) is 10.5. The number of nitrogens with zero attached hydrogens (tertiary/aromatic N) is 2. The first-order chi connectivity index (χ1) is 14.9. The van der Waals surface area contributed by atoms with Gasteiger partial charge in [0.2, 0.25) is 11.8 Å². The van der Waals surface area contributed by atoms with Gasteiger partial charge in [0.15, 0.2) is 0 Å². The molecule has 0 saturated carbocycles. The first kappa shape index (κ1) is 20.9. The molecule has 9 nitrogen and oxygen atoms in total. The summed E-state index contributed by atoms with van der Waals surface area (Å²) in [5, 5.41) is 3.02. The average Bonchev–Trinajstić information content (AvgIpc) is 2.89. The molecule has 2 aliphatic rings. The summed E-state index contributed by atoms with van der Waals surface area (Å²) in [6, 6.07) is 8.47. The second-order valence-electron chi connectivity index (χ2n) is 8.11. The molecule has 0 radical (unpaired) electrons. The van der Waals surface area contributed by atoms with Crippen molar-refractivity contribution < 1.29 is 14.3 Å². The van der Waals surface area contributed by atoms with E-state index in [9.17, 15) is 19.2 Å². The zero-order valence-electron chi connectivity index (χ0n) is 17.4. The highest BCUT2D eigenvalue weighted by molar-refractivity contribution is 5.77. The molecule has 2 amide bonds. The Hall–Kier alpha value is -3.36. The quantitative estimate of drug-likeness (QED) is 0.756. The number of carbonyl (C=O) groups is 2. The molecule has 1 fully saturated rings. The third-order valence-corrected chi connectivity index (χ3v) is 6.11. The predicted octanol–water partition coefficient (Wildman–Crippen LogP) is 0.948. The Morgan fingerprint density at radius 1 is 1.23 bits per heavy atom. The van der Waals surface area contributed by atoms with Crippen molar-refractivity contribution in [2.24, 2.45) is 0 Å². The lowest BCUT2D eigenvalue weighted by molar-refractivity contribution is -0.130. The highest BCUT2D eigenvalue weighted by atomic mass is 16.5. The van der Waals surface area contributed by atoms with Gasteiger partial charge in [0.25, 0.3) is 5.56 Å². The van der Waals surface area contributed by atoms with Gasteiger partial charge in [0.1, 0.15) is 17.9 Å². The van der Waals surface area contributed by atoms with Crippen molar-refractivity contribution in [2.45, 2.75) is 50.8 Å². The third kappa shape index (κ3) is 4.40. The number of carbonyl (C=O) groups excluding carboxylic acids is 2. The number of nitrogens with one attached hydrogen (secondary N) is 2. The number of ether oxygens (including phenoxy) is 1. The lowest BCUT2D eigenvalue weighted by Gasteiger charge is -2.42. The molecular formula is C22H26N4O5. The van der Waals surface area contributed by atoms with Crippen molar-refractivity contribution in [3.05, 3.63) is 62.9 Å². The van der Waals surface area contributed by atoms with Gasteiger partial charge in [0.05, 0.1) is 6.04 Å². The highest BCUT2D eigenvalue weighted by Gasteiger charge is 2.43. The van der Waals surface area contributed by atoms with Crippen molar-refractivity contribution in [2.75, 3.05) is 13.1 Å². The molecular weight excluding hydrogens is 400 g/mol. The Morgan fingerprint density at radius 3 is 2.81 bits per heavy atom. The third-order valence-electron chi connectivity index (χ3n) is 6.11. The minimum Gasteiger partial charge on any atom is -0.487 e. The number of likely N-dealkylation sites (tertiary alicyclic amines) is 1. The molecule has 2 aliphatic heterocycles. The van der Waals surface area contributed by atoms with Gasteiger partial charge in [-0.15, -0.1) is 0 Å². The van der Waals surface area contributed by atoms with E-state index in [-0.39, 0.29) is 24.4 Å². The molecule has 164 valence electrons. The fraction of sp³-hybridized carbons (Fsp3) is 0.455. The van der Waals surface area contributed by atoms with Gasteiger partial charge in [-0.05, 0) is 19.4 Å². The molecule has 1 aromatic carbocycles. The lowest BCUT2D eigenvalue weighted by atomic mass is 9.82. The Kier molecular flexibility index (Phi) is 5.67. The second-order valence-corrected chi connectivity index (χ2v) is 8.11. The van der Waals surface area contributed by atoms with Crippen LogP contribution in [0, 0.1) is 0 Å². The van der Waals surface area contributed by atoms with E-state index >= 15 is 0 Å². The minimum absolute atomic E-state index is 0.125. The molecule has 3 heterocycles. The largest absolute Gasteiger partial charge is 0.487 e. The Labute approximate surface area is 179 Å². The van der Waals surface area contributed by atoms with Crippen molar-refractivity contribution in [3.63, 3.8) is 0 Å². The van der Waals surface area contributed by atoms with Gasteiger partial charge < -0.3 is 15.0 Å². The maximum Gasteiger partial charge on any atom is 0.328 e. The van der Waals surface area contributed by atoms with E-state index in [0.717, 1.165) is 10.1 Å². The van der Waals surface area contributed by atoms with Gasteiger partial charge >= 0.3 is 5.69 Å². The van der Waals surface area contributed by atoms with E-state index in [0.29, 0.717) is 44.5 Å². The molecule has 1 saturated heterocycles. The number of benzene rings is 1. The molecule has 1 aromatic heterocycles. The second kappa shape index (κ2) is 8.41. The van der Waals surface area contributed by atoms with Crippen molar-refractivity contribution in [3.8, 4) is 5.75 Å². The van der Waals surface area contributed by atoms with Gasteiger partial charge in [-0.25, -0.2) is 4.79 Å². The normalized spacial score (nSPS) is 23.1. The summed E-state index contributed by atoms with van der Waals surface area (Å²) >= 11 is 0. The number of fused-ring (bicyclic) bond motifs is 1. The summed E-state index contributed by atoms with van der Waals surface area (Å²) in [7, 11) is 0. The molecule has 0 aliphatic carbocycles. The molecule has 31 heavy (non-hydrogen) atoms. The van der Waals surface area contributed by atoms with E-state index in [4.69, 9.17) is 4.74 Å². The van der Waals surface area contributed by atoms with Crippen LogP contribution >= 0.6 is 0 Å². The monoisotopic (exact) mass is 426 g/mol. The van der Waals surface area contributed by atoms with Crippen molar-refractivity contribution in [1.82, 2.24) is 19.8 Å². The van der Waals surface area contributed by atoms with Crippen LogP contribution in [0.15, 0.2) is 46.1 Å². The topological polar surface area (TPSA) is 113 Å². The van der Waals surface area contributed by atoms with Crippen LogP contribution in [-0.4, -0.2) is 45.0 Å². The van der Waals surface area contributed by atoms with E-state index in [1.165, 1.54) is 12.3 Å². The average molecular weight is 426 g/mol. The van der Waals surface area contributed by atoms with Crippen molar-refractivity contribution in [1.29, 1.82) is 0 Å². The van der Waals surface area contributed by atoms with Crippen molar-refractivity contribution >= 4 is 11.8 Å². The number of amides is 2. The van der Waals surface area contributed by atoms with Crippen LogP contribution in [0.3, 0.4) is 0 Å². The number of aromatic nitrogens is 2. The van der Waals surface area contributed by atoms with E-state index in [1.54, 1.807) is 0 Å². The number of aromatic amines is 1. The highest BCUT2D eigenvalue weighted by Crippen LogP contribution is 2.44. The number of para-hydroxylation sites is 1. The fourth-order valence-electron chi connectivity index (χ4n) is 4.43. The molecule has 1 spiro atoms. The molecule has 2 atom stereocenters. The van der Waals surface area contributed by atoms with Crippen LogP contribution in [0.1, 0.15) is 44.2 Å². The molecule has 0 unspecified atom stereocenters. The maximum atomic E-state index is 12.8. The fourth-order valence-corrected chi connectivity index (χ4v) is 4.43. The number of hydrogen-bond acceptors (Lipinski definition) is 5. The predicted molar refractivity (Wildman–Crippen MR) is 113 cm³/mol. The lowest BCUT2D eigenvalue weighted by Crippen LogP contribution is -2.46. The smallest absolute Gasteiger partial charge is 0.328 e. The van der Waals surface area contributed by atoms with Gasteiger partial charge in [-0.3, -0.25) is 23.9 Å². The van der Waals surface area contributed by atoms with Crippen LogP contribution in [-0.2, 0) is 16.1 Å². The van der Waals surface area contributed by atoms with Crippen LogP contribution in [0.2, 0.25) is 0 Å². The summed E-state index contributed by atoms with van der Waals surface area (Å²) in [5.41, 5.74) is -0.807. The molecule has 2 aromatic rings. The molecule has 9 heteroatoms. The van der Waals surface area contributed by atoms with E-state index in [1.807, 2.05) is 36.1 Å². The standard InChI is InChI=1S/C22H26N4O5/c1-2-25-12-10-22(9-7-20(25)29)13-16(15-5-3-4-6-17(15)31-22)23-19(28)14-26-11-8-18(27)24-21(26)30/h3-6,8,11,16H,2,7,9-10,12-14H2,1H3,(H,23,28)(H,24,27,30)/t16-,22-/m0/s1. The van der Waals surface area contributed by atoms with Gasteiger partial charge in [-0.2, -0.15) is 0 Å². The molecule has 2 N–H and O–H groups in total.